The van der Waals surface area contributed by atoms with Crippen LogP contribution in [0.1, 0.15) is 5.56 Å². The zero-order valence-electron chi connectivity index (χ0n) is 14.6. The number of hydrogen-bond acceptors (Lipinski definition) is 5. The second-order valence-corrected chi connectivity index (χ2v) is 5.65. The summed E-state index contributed by atoms with van der Waals surface area (Å²) >= 11 is 0. The first-order valence-electron chi connectivity index (χ1n) is 7.99. The predicted molar refractivity (Wildman–Crippen MR) is 94.1 cm³/mol. The number of methoxy groups -OCH3 is 2. The average molecular weight is 343 g/mol. The van der Waals surface area contributed by atoms with Gasteiger partial charge in [-0.2, -0.15) is 0 Å². The number of ether oxygens (including phenoxy) is 4. The van der Waals surface area contributed by atoms with Gasteiger partial charge in [-0.15, -0.1) is 0 Å². The fourth-order valence-electron chi connectivity index (χ4n) is 2.67. The first kappa shape index (κ1) is 17.0. The lowest BCUT2D eigenvalue weighted by atomic mass is 10.1. The summed E-state index contributed by atoms with van der Waals surface area (Å²) in [6.45, 7) is 1.07. The molecule has 0 atom stereocenters. The average Bonchev–Trinajstić information content (AvgIpc) is 2.66. The number of carbonyl (C=O) groups is 1. The van der Waals surface area contributed by atoms with Crippen molar-refractivity contribution in [2.75, 3.05) is 39.4 Å². The monoisotopic (exact) mass is 343 g/mol. The summed E-state index contributed by atoms with van der Waals surface area (Å²) in [6, 6.07) is 11.0. The third kappa shape index (κ3) is 3.63. The van der Waals surface area contributed by atoms with Crippen LogP contribution in [0.3, 0.4) is 0 Å². The Morgan fingerprint density at radius 3 is 2.44 bits per heavy atom. The number of hydrogen-bond donors (Lipinski definition) is 0. The van der Waals surface area contributed by atoms with E-state index in [1.54, 1.807) is 38.3 Å². The predicted octanol–water partition coefficient (Wildman–Crippen LogP) is 2.68. The Kier molecular flexibility index (Phi) is 4.97. The van der Waals surface area contributed by atoms with Gasteiger partial charge in [-0.1, -0.05) is 6.07 Å². The lowest BCUT2D eigenvalue weighted by molar-refractivity contribution is -0.117. The normalized spacial score (nSPS) is 12.4. The number of nitrogens with zero attached hydrogens (tertiary/aromatic N) is 1. The van der Waals surface area contributed by atoms with Gasteiger partial charge in [0.15, 0.2) is 23.0 Å². The van der Waals surface area contributed by atoms with Gasteiger partial charge in [0.25, 0.3) is 0 Å². The Balaban J connectivity index is 1.74. The van der Waals surface area contributed by atoms with Crippen LogP contribution < -0.4 is 23.8 Å². The van der Waals surface area contributed by atoms with Crippen molar-refractivity contribution in [2.24, 2.45) is 0 Å². The minimum absolute atomic E-state index is 0.0381. The number of anilines is 1. The molecule has 2 aromatic carbocycles. The van der Waals surface area contributed by atoms with Gasteiger partial charge in [-0.3, -0.25) is 4.79 Å². The minimum Gasteiger partial charge on any atom is -0.493 e. The SMILES string of the molecule is COc1ccc(N(C)C(=O)Cc2ccc3c(c2)OCCO3)cc1OC. The molecule has 1 aliphatic rings. The maximum atomic E-state index is 12.6. The topological polar surface area (TPSA) is 57.2 Å². The largest absolute Gasteiger partial charge is 0.493 e. The summed E-state index contributed by atoms with van der Waals surface area (Å²) in [6.07, 6.45) is 0.265. The molecule has 1 aliphatic heterocycles. The molecule has 1 heterocycles. The van der Waals surface area contributed by atoms with E-state index >= 15 is 0 Å². The Bertz CT molecular complexity index is 774. The van der Waals surface area contributed by atoms with E-state index in [1.807, 2.05) is 24.3 Å². The van der Waals surface area contributed by atoms with E-state index in [-0.39, 0.29) is 12.3 Å². The van der Waals surface area contributed by atoms with Crippen molar-refractivity contribution in [3.8, 4) is 23.0 Å². The van der Waals surface area contributed by atoms with Crippen LogP contribution in [0.4, 0.5) is 5.69 Å². The van der Waals surface area contributed by atoms with Crippen molar-refractivity contribution < 1.29 is 23.7 Å². The summed E-state index contributed by atoms with van der Waals surface area (Å²) in [5.74, 6) is 2.57. The highest BCUT2D eigenvalue weighted by molar-refractivity contribution is 5.94. The van der Waals surface area contributed by atoms with Gasteiger partial charge in [0.1, 0.15) is 13.2 Å². The van der Waals surface area contributed by atoms with Crippen molar-refractivity contribution in [1.82, 2.24) is 0 Å². The van der Waals surface area contributed by atoms with E-state index in [4.69, 9.17) is 18.9 Å². The first-order valence-corrected chi connectivity index (χ1v) is 7.99. The van der Waals surface area contributed by atoms with Crippen LogP contribution in [0.5, 0.6) is 23.0 Å². The van der Waals surface area contributed by atoms with Crippen LogP contribution in [-0.4, -0.2) is 40.4 Å². The third-order valence-corrected chi connectivity index (χ3v) is 4.09. The Morgan fingerprint density at radius 1 is 1.00 bits per heavy atom. The fourth-order valence-corrected chi connectivity index (χ4v) is 2.67. The Morgan fingerprint density at radius 2 is 1.72 bits per heavy atom. The molecule has 0 spiro atoms. The number of likely N-dealkylation sites (N-methyl/N-ethyl adjacent to an activating group) is 1. The van der Waals surface area contributed by atoms with Crippen LogP contribution in [0.2, 0.25) is 0 Å². The van der Waals surface area contributed by atoms with E-state index in [2.05, 4.69) is 0 Å². The highest BCUT2D eigenvalue weighted by atomic mass is 16.6. The van der Waals surface area contributed by atoms with E-state index < -0.39 is 0 Å². The zero-order chi connectivity index (χ0) is 17.8. The molecule has 6 nitrogen and oxygen atoms in total. The summed E-state index contributed by atoms with van der Waals surface area (Å²) in [7, 11) is 4.88. The molecule has 0 aliphatic carbocycles. The van der Waals surface area contributed by atoms with Crippen LogP contribution in [0.15, 0.2) is 36.4 Å². The molecule has 0 aromatic heterocycles. The van der Waals surface area contributed by atoms with E-state index in [9.17, 15) is 4.79 Å². The smallest absolute Gasteiger partial charge is 0.231 e. The highest BCUT2D eigenvalue weighted by Gasteiger charge is 2.17. The molecule has 0 saturated heterocycles. The fraction of sp³-hybridized carbons (Fsp3) is 0.316. The molecule has 0 bridgehead atoms. The molecule has 0 saturated carbocycles. The quantitative estimate of drug-likeness (QED) is 0.835. The molecule has 2 aromatic rings. The van der Waals surface area contributed by atoms with Crippen molar-refractivity contribution in [1.29, 1.82) is 0 Å². The highest BCUT2D eigenvalue weighted by Crippen LogP contribution is 2.32. The number of benzene rings is 2. The number of fused-ring (bicyclic) bond motifs is 1. The van der Waals surface area contributed by atoms with Crippen molar-refractivity contribution in [3.63, 3.8) is 0 Å². The van der Waals surface area contributed by atoms with Gasteiger partial charge in [0, 0.05) is 18.8 Å². The second kappa shape index (κ2) is 7.34. The summed E-state index contributed by atoms with van der Waals surface area (Å²) in [5.41, 5.74) is 1.61. The van der Waals surface area contributed by atoms with Gasteiger partial charge in [-0.25, -0.2) is 0 Å². The number of rotatable bonds is 5. The van der Waals surface area contributed by atoms with Crippen LogP contribution >= 0.6 is 0 Å². The lowest BCUT2D eigenvalue weighted by Crippen LogP contribution is -2.28. The molecule has 25 heavy (non-hydrogen) atoms. The molecule has 0 unspecified atom stereocenters. The van der Waals surface area contributed by atoms with Crippen LogP contribution in [0.25, 0.3) is 0 Å². The second-order valence-electron chi connectivity index (χ2n) is 5.65. The van der Waals surface area contributed by atoms with Crippen LogP contribution in [0, 0.1) is 0 Å². The van der Waals surface area contributed by atoms with Crippen LogP contribution in [-0.2, 0) is 11.2 Å². The molecule has 0 fully saturated rings. The standard InChI is InChI=1S/C19H21NO5/c1-20(14-5-7-15(22-2)17(12-14)23-3)19(21)11-13-4-6-16-18(10-13)25-9-8-24-16/h4-7,10,12H,8-9,11H2,1-3H3. The van der Waals surface area contributed by atoms with E-state index in [0.29, 0.717) is 30.5 Å². The van der Waals surface area contributed by atoms with Crippen molar-refractivity contribution in [3.05, 3.63) is 42.0 Å². The molecular weight excluding hydrogens is 322 g/mol. The summed E-state index contributed by atoms with van der Waals surface area (Å²) < 4.78 is 21.6. The number of amides is 1. The van der Waals surface area contributed by atoms with Gasteiger partial charge >= 0.3 is 0 Å². The molecule has 3 rings (SSSR count). The molecule has 0 N–H and O–H groups in total. The molecule has 1 amide bonds. The first-order chi connectivity index (χ1) is 12.1. The van der Waals surface area contributed by atoms with Crippen molar-refractivity contribution >= 4 is 11.6 Å². The molecule has 0 radical (unpaired) electrons. The molecular formula is C19H21NO5. The maximum Gasteiger partial charge on any atom is 0.231 e. The van der Waals surface area contributed by atoms with Gasteiger partial charge in [-0.05, 0) is 29.8 Å². The van der Waals surface area contributed by atoms with E-state index in [1.165, 1.54) is 0 Å². The molecule has 6 heteroatoms. The summed E-state index contributed by atoms with van der Waals surface area (Å²) in [4.78, 5) is 14.2. The van der Waals surface area contributed by atoms with E-state index in [0.717, 1.165) is 17.0 Å². The third-order valence-electron chi connectivity index (χ3n) is 4.09. The minimum atomic E-state index is -0.0381. The number of carbonyl (C=O) groups excluding carboxylic acids is 1. The van der Waals surface area contributed by atoms with Gasteiger partial charge in [0.05, 0.1) is 20.6 Å². The Labute approximate surface area is 146 Å². The lowest BCUT2D eigenvalue weighted by Gasteiger charge is -2.21. The van der Waals surface area contributed by atoms with Crippen molar-refractivity contribution in [2.45, 2.75) is 6.42 Å². The molecule has 132 valence electrons. The van der Waals surface area contributed by atoms with Gasteiger partial charge in [0.2, 0.25) is 5.91 Å². The maximum absolute atomic E-state index is 12.6. The zero-order valence-corrected chi connectivity index (χ0v) is 14.6. The van der Waals surface area contributed by atoms with Gasteiger partial charge < -0.3 is 23.8 Å². The summed E-state index contributed by atoms with van der Waals surface area (Å²) in [5, 5.41) is 0. The Hall–Kier alpha value is -2.89.